The van der Waals surface area contributed by atoms with Crippen molar-refractivity contribution >= 4 is 17.7 Å². The number of alkyl halides is 3. The Bertz CT molecular complexity index is 935. The number of rotatable bonds is 5. The summed E-state index contributed by atoms with van der Waals surface area (Å²) in [6, 6.07) is 17.5. The minimum Gasteiger partial charge on any atom is -0.480 e. The van der Waals surface area contributed by atoms with Gasteiger partial charge in [0.05, 0.1) is 5.69 Å². The number of carboxylic acid groups (broad SMARTS) is 1. The lowest BCUT2D eigenvalue weighted by atomic mass is 10.1. The van der Waals surface area contributed by atoms with E-state index in [1.165, 1.54) is 0 Å². The number of aliphatic carboxylic acids is 1. The second-order valence-corrected chi connectivity index (χ2v) is 6.60. The molecule has 0 aliphatic heterocycles. The maximum atomic E-state index is 13.3. The summed E-state index contributed by atoms with van der Waals surface area (Å²) in [5.74, 6) is -1.19. The molecule has 1 unspecified atom stereocenters. The predicted molar refractivity (Wildman–Crippen MR) is 95.1 cm³/mol. The maximum Gasteiger partial charge on any atom is 0.433 e. The van der Waals surface area contributed by atoms with E-state index in [2.05, 4.69) is 9.97 Å². The van der Waals surface area contributed by atoms with Gasteiger partial charge in [-0.05, 0) is 11.6 Å². The van der Waals surface area contributed by atoms with Crippen LogP contribution in [0.3, 0.4) is 0 Å². The fourth-order valence-electron chi connectivity index (χ4n) is 2.37. The molecule has 1 N–H and O–H groups in total. The lowest BCUT2D eigenvalue weighted by Crippen LogP contribution is -2.12. The van der Waals surface area contributed by atoms with E-state index >= 15 is 0 Å². The molecule has 27 heavy (non-hydrogen) atoms. The van der Waals surface area contributed by atoms with Crippen LogP contribution in [0.15, 0.2) is 71.9 Å². The van der Waals surface area contributed by atoms with Crippen LogP contribution >= 0.6 is 11.8 Å². The SMILES string of the molecule is O=C(O)C(Sc1nc(-c2ccccc2)cc(C(F)(F)F)n1)c1ccccc1. The molecular formula is C19H13F3N2O2S. The summed E-state index contributed by atoms with van der Waals surface area (Å²) in [6.45, 7) is 0. The third-order valence-electron chi connectivity index (χ3n) is 3.62. The van der Waals surface area contributed by atoms with Gasteiger partial charge in [-0.1, -0.05) is 72.4 Å². The van der Waals surface area contributed by atoms with Crippen LogP contribution in [0.2, 0.25) is 0 Å². The Kier molecular flexibility index (Phi) is 5.46. The minimum absolute atomic E-state index is 0.0811. The van der Waals surface area contributed by atoms with Gasteiger partial charge in [0.25, 0.3) is 0 Å². The molecule has 0 radical (unpaired) electrons. The smallest absolute Gasteiger partial charge is 0.433 e. The molecule has 1 atom stereocenters. The normalized spacial score (nSPS) is 12.6. The van der Waals surface area contributed by atoms with E-state index in [0.29, 0.717) is 22.9 Å². The molecular weight excluding hydrogens is 377 g/mol. The van der Waals surface area contributed by atoms with E-state index in [9.17, 15) is 23.1 Å². The molecule has 0 spiro atoms. The minimum atomic E-state index is -4.67. The van der Waals surface area contributed by atoms with Crippen molar-refractivity contribution in [2.45, 2.75) is 16.6 Å². The lowest BCUT2D eigenvalue weighted by molar-refractivity contribution is -0.141. The number of thioether (sulfide) groups is 1. The van der Waals surface area contributed by atoms with Crippen molar-refractivity contribution in [3.63, 3.8) is 0 Å². The van der Waals surface area contributed by atoms with Gasteiger partial charge in [0.1, 0.15) is 10.9 Å². The largest absolute Gasteiger partial charge is 0.480 e. The molecule has 0 bridgehead atoms. The Balaban J connectivity index is 2.05. The van der Waals surface area contributed by atoms with Crippen LogP contribution in [0.4, 0.5) is 13.2 Å². The lowest BCUT2D eigenvalue weighted by Gasteiger charge is -2.14. The highest BCUT2D eigenvalue weighted by atomic mass is 32.2. The number of aromatic nitrogens is 2. The first-order valence-electron chi connectivity index (χ1n) is 7.80. The number of benzene rings is 2. The molecule has 4 nitrogen and oxygen atoms in total. The van der Waals surface area contributed by atoms with Crippen LogP contribution in [-0.2, 0) is 11.0 Å². The van der Waals surface area contributed by atoms with E-state index in [-0.39, 0.29) is 10.9 Å². The van der Waals surface area contributed by atoms with E-state index in [1.54, 1.807) is 60.7 Å². The summed E-state index contributed by atoms with van der Waals surface area (Å²) < 4.78 is 39.8. The molecule has 3 rings (SSSR count). The van der Waals surface area contributed by atoms with Crippen molar-refractivity contribution in [3.05, 3.63) is 78.0 Å². The molecule has 0 aliphatic carbocycles. The van der Waals surface area contributed by atoms with Gasteiger partial charge < -0.3 is 5.11 Å². The van der Waals surface area contributed by atoms with Gasteiger partial charge in [-0.15, -0.1) is 0 Å². The molecule has 138 valence electrons. The van der Waals surface area contributed by atoms with Crippen LogP contribution in [0.25, 0.3) is 11.3 Å². The Morgan fingerprint density at radius 2 is 1.56 bits per heavy atom. The standard InChI is InChI=1S/C19H13F3N2O2S/c20-19(21,22)15-11-14(12-7-3-1-4-8-12)23-18(24-15)27-16(17(25)26)13-9-5-2-6-10-13/h1-11,16H,(H,25,26). The molecule has 3 aromatic rings. The second kappa shape index (κ2) is 7.79. The van der Waals surface area contributed by atoms with Gasteiger partial charge >= 0.3 is 12.1 Å². The van der Waals surface area contributed by atoms with Gasteiger partial charge in [0.2, 0.25) is 0 Å². The molecule has 0 amide bonds. The van der Waals surface area contributed by atoms with Gasteiger partial charge in [0, 0.05) is 5.56 Å². The van der Waals surface area contributed by atoms with E-state index in [0.717, 1.165) is 6.07 Å². The summed E-state index contributed by atoms with van der Waals surface area (Å²) in [5.41, 5.74) is -0.107. The zero-order valence-corrected chi connectivity index (χ0v) is 14.5. The molecule has 2 aromatic carbocycles. The average Bonchev–Trinajstić information content (AvgIpc) is 2.66. The van der Waals surface area contributed by atoms with E-state index < -0.39 is 23.1 Å². The fraction of sp³-hybridized carbons (Fsp3) is 0.105. The molecule has 8 heteroatoms. The van der Waals surface area contributed by atoms with Crippen molar-refractivity contribution in [3.8, 4) is 11.3 Å². The highest BCUT2D eigenvalue weighted by Gasteiger charge is 2.34. The number of hydrogen-bond acceptors (Lipinski definition) is 4. The molecule has 0 saturated heterocycles. The predicted octanol–water partition coefficient (Wildman–Crippen LogP) is 5.08. The first-order valence-corrected chi connectivity index (χ1v) is 8.68. The highest BCUT2D eigenvalue weighted by molar-refractivity contribution is 8.00. The Hall–Kier alpha value is -2.87. The molecule has 1 aromatic heterocycles. The van der Waals surface area contributed by atoms with Crippen LogP contribution in [0.1, 0.15) is 16.5 Å². The maximum absolute atomic E-state index is 13.3. The number of halogens is 3. The van der Waals surface area contributed by atoms with Crippen molar-refractivity contribution < 1.29 is 23.1 Å². The van der Waals surface area contributed by atoms with Gasteiger partial charge in [-0.2, -0.15) is 13.2 Å². The monoisotopic (exact) mass is 390 g/mol. The van der Waals surface area contributed by atoms with Gasteiger partial charge in [-0.25, -0.2) is 9.97 Å². The summed E-state index contributed by atoms with van der Waals surface area (Å²) >= 11 is 0.667. The summed E-state index contributed by atoms with van der Waals surface area (Å²) in [6.07, 6.45) is -4.67. The topological polar surface area (TPSA) is 63.1 Å². The fourth-order valence-corrected chi connectivity index (χ4v) is 3.28. The quantitative estimate of drug-likeness (QED) is 0.486. The molecule has 0 saturated carbocycles. The highest BCUT2D eigenvalue weighted by Crippen LogP contribution is 2.37. The van der Waals surface area contributed by atoms with Crippen molar-refractivity contribution in [1.29, 1.82) is 0 Å². The Labute approximate surface area is 157 Å². The van der Waals surface area contributed by atoms with Crippen LogP contribution < -0.4 is 0 Å². The first-order chi connectivity index (χ1) is 12.8. The second-order valence-electron chi connectivity index (χ2n) is 5.53. The van der Waals surface area contributed by atoms with Crippen molar-refractivity contribution in [2.75, 3.05) is 0 Å². The van der Waals surface area contributed by atoms with E-state index in [4.69, 9.17) is 0 Å². The number of carboxylic acids is 1. The van der Waals surface area contributed by atoms with E-state index in [1.807, 2.05) is 0 Å². The van der Waals surface area contributed by atoms with Crippen molar-refractivity contribution in [1.82, 2.24) is 9.97 Å². The number of hydrogen-bond donors (Lipinski definition) is 1. The Morgan fingerprint density at radius 1 is 0.963 bits per heavy atom. The first kappa shape index (κ1) is 18.9. The molecule has 0 fully saturated rings. The third kappa shape index (κ3) is 4.65. The zero-order chi connectivity index (χ0) is 19.4. The van der Waals surface area contributed by atoms with Gasteiger partial charge in [0.15, 0.2) is 5.16 Å². The molecule has 1 heterocycles. The van der Waals surface area contributed by atoms with Crippen molar-refractivity contribution in [2.24, 2.45) is 0 Å². The van der Waals surface area contributed by atoms with Crippen LogP contribution in [0.5, 0.6) is 0 Å². The average molecular weight is 390 g/mol. The van der Waals surface area contributed by atoms with Crippen LogP contribution in [-0.4, -0.2) is 21.0 Å². The summed E-state index contributed by atoms with van der Waals surface area (Å²) in [4.78, 5) is 19.3. The Morgan fingerprint density at radius 3 is 2.11 bits per heavy atom. The van der Waals surface area contributed by atoms with Crippen LogP contribution in [0, 0.1) is 0 Å². The summed E-state index contributed by atoms with van der Waals surface area (Å²) in [5, 5.41) is 8.13. The zero-order valence-electron chi connectivity index (χ0n) is 13.7. The van der Waals surface area contributed by atoms with Gasteiger partial charge in [-0.3, -0.25) is 4.79 Å². The third-order valence-corrected chi connectivity index (χ3v) is 4.72. The molecule has 0 aliphatic rings. The number of carbonyl (C=O) groups is 1. The summed E-state index contributed by atoms with van der Waals surface area (Å²) in [7, 11) is 0. The number of nitrogens with zero attached hydrogens (tertiary/aromatic N) is 2.